The summed E-state index contributed by atoms with van der Waals surface area (Å²) < 4.78 is 0. The maximum absolute atomic E-state index is 11.9. The van der Waals surface area contributed by atoms with Crippen LogP contribution in [-0.4, -0.2) is 47.6 Å². The largest absolute Gasteiger partial charge is 0.395 e. The molecule has 2 unspecified atom stereocenters. The van der Waals surface area contributed by atoms with Gasteiger partial charge in [0.15, 0.2) is 0 Å². The van der Waals surface area contributed by atoms with Crippen LogP contribution in [0.2, 0.25) is 0 Å². The Morgan fingerprint density at radius 3 is 2.70 bits per heavy atom. The van der Waals surface area contributed by atoms with Gasteiger partial charge in [0.2, 0.25) is 5.91 Å². The molecule has 0 radical (unpaired) electrons. The molecule has 1 fully saturated rings. The number of nitrogens with one attached hydrogen (secondary N) is 1. The first-order chi connectivity index (χ1) is 9.61. The number of hydrogen-bond acceptors (Lipinski definition) is 4. The van der Waals surface area contributed by atoms with Crippen molar-refractivity contribution in [3.8, 4) is 0 Å². The van der Waals surface area contributed by atoms with Crippen LogP contribution >= 0.6 is 0 Å². The van der Waals surface area contributed by atoms with E-state index in [-0.39, 0.29) is 31.0 Å². The zero-order valence-corrected chi connectivity index (χ0v) is 11.6. The molecule has 1 aliphatic heterocycles. The van der Waals surface area contributed by atoms with E-state index >= 15 is 0 Å². The highest BCUT2D eigenvalue weighted by Crippen LogP contribution is 2.22. The number of nitrogens with zero attached hydrogens (tertiary/aromatic N) is 1. The Morgan fingerprint density at radius 1 is 1.35 bits per heavy atom. The molecule has 0 saturated carbocycles. The first-order valence-corrected chi connectivity index (χ1v) is 6.86. The third-order valence-electron chi connectivity index (χ3n) is 3.82. The lowest BCUT2D eigenvalue weighted by Crippen LogP contribution is -2.44. The molecule has 1 saturated heterocycles. The van der Waals surface area contributed by atoms with Gasteiger partial charge in [-0.05, 0) is 31.0 Å². The van der Waals surface area contributed by atoms with Gasteiger partial charge < -0.3 is 5.11 Å². The van der Waals surface area contributed by atoms with E-state index in [0.29, 0.717) is 11.5 Å². The Bertz CT molecular complexity index is 475. The van der Waals surface area contributed by atoms with Crippen LogP contribution < -0.4 is 5.32 Å². The molecule has 0 aromatic heterocycles. The highest BCUT2D eigenvalue weighted by molar-refractivity contribution is 6.05. The van der Waals surface area contributed by atoms with Crippen LogP contribution in [0, 0.1) is 5.92 Å². The highest BCUT2D eigenvalue weighted by Gasteiger charge is 2.31. The lowest BCUT2D eigenvalue weighted by molar-refractivity contribution is -0.121. The summed E-state index contributed by atoms with van der Waals surface area (Å²) in [7, 11) is 0. The van der Waals surface area contributed by atoms with Gasteiger partial charge in [-0.3, -0.25) is 19.8 Å². The van der Waals surface area contributed by atoms with Crippen molar-refractivity contribution in [1.82, 2.24) is 10.2 Å². The predicted molar refractivity (Wildman–Crippen MR) is 75.1 cm³/mol. The number of aliphatic hydroxyl groups is 1. The van der Waals surface area contributed by atoms with Crippen molar-refractivity contribution in [2.24, 2.45) is 5.92 Å². The molecule has 1 aromatic carbocycles. The topological polar surface area (TPSA) is 69.6 Å². The summed E-state index contributed by atoms with van der Waals surface area (Å²) in [5.74, 6) is -0.340. The van der Waals surface area contributed by atoms with Crippen LogP contribution in [0.3, 0.4) is 0 Å². The highest BCUT2D eigenvalue weighted by atomic mass is 16.3. The molecule has 5 nitrogen and oxygen atoms in total. The van der Waals surface area contributed by atoms with Gasteiger partial charge in [-0.25, -0.2) is 0 Å². The number of aliphatic hydroxyl groups excluding tert-OH is 1. The van der Waals surface area contributed by atoms with E-state index in [1.165, 1.54) is 0 Å². The van der Waals surface area contributed by atoms with Crippen LogP contribution in [0.25, 0.3) is 0 Å². The van der Waals surface area contributed by atoms with E-state index < -0.39 is 0 Å². The van der Waals surface area contributed by atoms with Gasteiger partial charge >= 0.3 is 0 Å². The van der Waals surface area contributed by atoms with Crippen molar-refractivity contribution in [2.45, 2.75) is 19.4 Å². The number of benzene rings is 1. The number of carbonyl (C=O) groups is 2. The summed E-state index contributed by atoms with van der Waals surface area (Å²) in [4.78, 5) is 25.7. The van der Waals surface area contributed by atoms with Crippen molar-refractivity contribution in [1.29, 1.82) is 0 Å². The zero-order chi connectivity index (χ0) is 14.5. The average Bonchev–Trinajstić information content (AvgIpc) is 2.79. The predicted octanol–water partition coefficient (Wildman–Crippen LogP) is 0.646. The van der Waals surface area contributed by atoms with Gasteiger partial charge in [-0.2, -0.15) is 0 Å². The molecule has 0 bridgehead atoms. The third-order valence-corrected chi connectivity index (χ3v) is 3.82. The number of rotatable bonds is 4. The molecule has 2 amide bonds. The quantitative estimate of drug-likeness (QED) is 0.847. The van der Waals surface area contributed by atoms with Crippen LogP contribution in [-0.2, 0) is 4.79 Å². The second-order valence-electron chi connectivity index (χ2n) is 5.23. The molecule has 1 aromatic rings. The van der Waals surface area contributed by atoms with E-state index in [4.69, 9.17) is 0 Å². The molecule has 0 aliphatic carbocycles. The molecule has 2 atom stereocenters. The van der Waals surface area contributed by atoms with Gasteiger partial charge in [0, 0.05) is 11.6 Å². The van der Waals surface area contributed by atoms with E-state index in [2.05, 4.69) is 12.2 Å². The average molecular weight is 276 g/mol. The van der Waals surface area contributed by atoms with Crippen LogP contribution in [0.5, 0.6) is 0 Å². The minimum absolute atomic E-state index is 0.00702. The standard InChI is InChI=1S/C15H20N2O3/c1-11-7-8-17(13(11)10-18)9-14(19)16-15(20)12-5-3-2-4-6-12/h2-6,11,13,18H,7-10H2,1H3,(H,16,19,20). The first kappa shape index (κ1) is 14.7. The maximum Gasteiger partial charge on any atom is 0.257 e. The fraction of sp³-hybridized carbons (Fsp3) is 0.467. The molecule has 108 valence electrons. The van der Waals surface area contributed by atoms with Crippen LogP contribution in [0.1, 0.15) is 23.7 Å². The minimum atomic E-state index is -0.386. The smallest absolute Gasteiger partial charge is 0.257 e. The second kappa shape index (κ2) is 6.63. The number of hydrogen-bond donors (Lipinski definition) is 2. The molecule has 20 heavy (non-hydrogen) atoms. The molecular formula is C15H20N2O3. The normalized spacial score (nSPS) is 22.7. The number of likely N-dealkylation sites (tertiary alicyclic amines) is 1. The molecular weight excluding hydrogens is 256 g/mol. The van der Waals surface area contributed by atoms with Crippen molar-refractivity contribution in [2.75, 3.05) is 19.7 Å². The summed E-state index contributed by atoms with van der Waals surface area (Å²) in [5, 5.41) is 11.7. The fourth-order valence-corrected chi connectivity index (χ4v) is 2.59. The summed E-state index contributed by atoms with van der Waals surface area (Å²) in [6.07, 6.45) is 0.963. The lowest BCUT2D eigenvalue weighted by Gasteiger charge is -2.24. The van der Waals surface area contributed by atoms with Gasteiger partial charge in [0.1, 0.15) is 0 Å². The summed E-state index contributed by atoms with van der Waals surface area (Å²) in [5.41, 5.74) is 0.467. The van der Waals surface area contributed by atoms with E-state index in [1.807, 2.05) is 11.0 Å². The van der Waals surface area contributed by atoms with E-state index in [9.17, 15) is 14.7 Å². The van der Waals surface area contributed by atoms with Gasteiger partial charge in [0.25, 0.3) is 5.91 Å². The van der Waals surface area contributed by atoms with Crippen molar-refractivity contribution in [3.63, 3.8) is 0 Å². The third kappa shape index (κ3) is 3.43. The summed E-state index contributed by atoms with van der Waals surface area (Å²) in [6.45, 7) is 3.03. The van der Waals surface area contributed by atoms with E-state index in [0.717, 1.165) is 13.0 Å². The molecule has 2 rings (SSSR count). The van der Waals surface area contributed by atoms with Crippen LogP contribution in [0.15, 0.2) is 30.3 Å². The number of carbonyl (C=O) groups excluding carboxylic acids is 2. The van der Waals surface area contributed by atoms with Crippen LogP contribution in [0.4, 0.5) is 0 Å². The number of imide groups is 1. The molecule has 5 heteroatoms. The molecule has 2 N–H and O–H groups in total. The summed E-state index contributed by atoms with van der Waals surface area (Å²) in [6, 6.07) is 8.66. The molecule has 0 spiro atoms. The minimum Gasteiger partial charge on any atom is -0.395 e. The Morgan fingerprint density at radius 2 is 2.05 bits per heavy atom. The lowest BCUT2D eigenvalue weighted by atomic mass is 10.0. The number of amides is 2. The molecule has 1 aliphatic rings. The maximum atomic E-state index is 11.9. The molecule has 1 heterocycles. The Labute approximate surface area is 118 Å². The Balaban J connectivity index is 1.88. The van der Waals surface area contributed by atoms with Gasteiger partial charge in [-0.1, -0.05) is 25.1 Å². The van der Waals surface area contributed by atoms with E-state index in [1.54, 1.807) is 24.3 Å². The Kier molecular flexibility index (Phi) is 4.87. The van der Waals surface area contributed by atoms with Crippen molar-refractivity contribution < 1.29 is 14.7 Å². The van der Waals surface area contributed by atoms with Gasteiger partial charge in [-0.15, -0.1) is 0 Å². The zero-order valence-electron chi connectivity index (χ0n) is 11.6. The first-order valence-electron chi connectivity index (χ1n) is 6.86. The fourth-order valence-electron chi connectivity index (χ4n) is 2.59. The van der Waals surface area contributed by atoms with Crippen molar-refractivity contribution >= 4 is 11.8 Å². The Hall–Kier alpha value is -1.72. The monoisotopic (exact) mass is 276 g/mol. The second-order valence-corrected chi connectivity index (χ2v) is 5.23. The summed E-state index contributed by atoms with van der Waals surface area (Å²) >= 11 is 0. The SMILES string of the molecule is CC1CCN(CC(=O)NC(=O)c2ccccc2)C1CO. The van der Waals surface area contributed by atoms with Crippen molar-refractivity contribution in [3.05, 3.63) is 35.9 Å². The van der Waals surface area contributed by atoms with Gasteiger partial charge in [0.05, 0.1) is 13.2 Å².